The lowest BCUT2D eigenvalue weighted by Gasteiger charge is -2.17. The summed E-state index contributed by atoms with van der Waals surface area (Å²) in [7, 11) is 0. The van der Waals surface area contributed by atoms with Gasteiger partial charge in [-0.3, -0.25) is 0 Å². The number of aryl methyl sites for hydroxylation is 1. The van der Waals surface area contributed by atoms with Crippen LogP contribution < -0.4 is 5.32 Å². The van der Waals surface area contributed by atoms with Crippen LogP contribution in [0.3, 0.4) is 0 Å². The predicted molar refractivity (Wildman–Crippen MR) is 88.7 cm³/mol. The maximum absolute atomic E-state index is 13.6. The lowest BCUT2D eigenvalue weighted by atomic mass is 9.98. The summed E-state index contributed by atoms with van der Waals surface area (Å²) < 4.78 is 13.6. The van der Waals surface area contributed by atoms with E-state index >= 15 is 0 Å². The van der Waals surface area contributed by atoms with Gasteiger partial charge < -0.3 is 5.32 Å². The summed E-state index contributed by atoms with van der Waals surface area (Å²) in [5.41, 5.74) is 2.61. The Bertz CT molecular complexity index is 641. The third kappa shape index (κ3) is 3.43. The second-order valence-electron chi connectivity index (χ2n) is 6.50. The average molecular weight is 306 g/mol. The van der Waals surface area contributed by atoms with Crippen molar-refractivity contribution in [1.29, 1.82) is 0 Å². The third-order valence-corrected chi connectivity index (χ3v) is 5.27. The zero-order valence-electron chi connectivity index (χ0n) is 13.5. The summed E-state index contributed by atoms with van der Waals surface area (Å²) in [4.78, 5) is 5.90. The minimum atomic E-state index is -0.177. The lowest BCUT2D eigenvalue weighted by Crippen LogP contribution is -2.10. The number of hydrogen-bond donors (Lipinski definition) is 1. The van der Waals surface area contributed by atoms with Crippen molar-refractivity contribution < 1.29 is 4.39 Å². The Morgan fingerprint density at radius 2 is 1.90 bits per heavy atom. The Kier molecular flexibility index (Phi) is 4.38. The quantitative estimate of drug-likeness (QED) is 0.824. The summed E-state index contributed by atoms with van der Waals surface area (Å²) in [6.45, 7) is 12.4. The fourth-order valence-electron chi connectivity index (χ4n) is 2.19. The van der Waals surface area contributed by atoms with E-state index in [1.54, 1.807) is 24.3 Å². The molecule has 1 aromatic carbocycles. The highest BCUT2D eigenvalue weighted by molar-refractivity contribution is 7.12. The molecule has 0 radical (unpaired) electrons. The smallest absolute Gasteiger partial charge is 0.128 e. The Hall–Kier alpha value is -1.42. The molecule has 4 heteroatoms. The second kappa shape index (κ2) is 5.76. The van der Waals surface area contributed by atoms with E-state index < -0.39 is 0 Å². The minimum Gasteiger partial charge on any atom is -0.377 e. The van der Waals surface area contributed by atoms with E-state index in [0.29, 0.717) is 5.56 Å². The number of thiazole rings is 1. The Morgan fingerprint density at radius 1 is 1.24 bits per heavy atom. The lowest BCUT2D eigenvalue weighted by molar-refractivity contribution is 0.584. The van der Waals surface area contributed by atoms with E-state index in [0.717, 1.165) is 16.4 Å². The van der Waals surface area contributed by atoms with E-state index in [1.807, 2.05) is 13.0 Å². The molecular weight excluding hydrogens is 283 g/mol. The first-order chi connectivity index (χ1) is 9.70. The Morgan fingerprint density at radius 3 is 2.48 bits per heavy atom. The standard InChI is InChI=1S/C17H23FN2S/c1-10-13(18)8-7-9-14(10)19-11(2)15-12(3)20-16(21-15)17(4,5)6/h7-9,11,19H,1-6H3. The fourth-order valence-corrected chi connectivity index (χ4v) is 3.32. The van der Waals surface area contributed by atoms with Gasteiger partial charge in [-0.1, -0.05) is 26.8 Å². The summed E-state index contributed by atoms with van der Waals surface area (Å²) in [6.07, 6.45) is 0. The molecule has 1 heterocycles. The van der Waals surface area contributed by atoms with Gasteiger partial charge >= 0.3 is 0 Å². The molecule has 0 spiro atoms. The van der Waals surface area contributed by atoms with Gasteiger partial charge in [-0.05, 0) is 32.9 Å². The number of halogens is 1. The molecule has 1 aromatic heterocycles. The molecule has 0 aliphatic rings. The van der Waals surface area contributed by atoms with Crippen molar-refractivity contribution in [3.05, 3.63) is 45.2 Å². The molecule has 0 saturated heterocycles. The zero-order valence-corrected chi connectivity index (χ0v) is 14.4. The van der Waals surface area contributed by atoms with E-state index in [4.69, 9.17) is 0 Å². The highest BCUT2D eigenvalue weighted by atomic mass is 32.1. The maximum atomic E-state index is 13.6. The zero-order chi connectivity index (χ0) is 15.8. The molecule has 1 N–H and O–H groups in total. The fraction of sp³-hybridized carbons (Fsp3) is 0.471. The highest BCUT2D eigenvalue weighted by Gasteiger charge is 2.22. The Labute approximate surface area is 130 Å². The molecule has 21 heavy (non-hydrogen) atoms. The highest BCUT2D eigenvalue weighted by Crippen LogP contribution is 2.34. The van der Waals surface area contributed by atoms with Crippen LogP contribution in [0.25, 0.3) is 0 Å². The summed E-state index contributed by atoms with van der Waals surface area (Å²) in [6, 6.07) is 5.24. The van der Waals surface area contributed by atoms with Gasteiger partial charge in [-0.25, -0.2) is 9.37 Å². The summed E-state index contributed by atoms with van der Waals surface area (Å²) in [5, 5.41) is 4.54. The molecule has 114 valence electrons. The number of nitrogens with zero attached hydrogens (tertiary/aromatic N) is 1. The van der Waals surface area contributed by atoms with Crippen molar-refractivity contribution in [3.8, 4) is 0 Å². The van der Waals surface area contributed by atoms with Crippen LogP contribution in [-0.2, 0) is 5.41 Å². The van der Waals surface area contributed by atoms with Crippen LogP contribution in [0.5, 0.6) is 0 Å². The van der Waals surface area contributed by atoms with Crippen molar-refractivity contribution >= 4 is 17.0 Å². The first-order valence-electron chi connectivity index (χ1n) is 7.19. The van der Waals surface area contributed by atoms with E-state index in [1.165, 1.54) is 10.9 Å². The van der Waals surface area contributed by atoms with Gasteiger partial charge in [0, 0.05) is 21.5 Å². The molecule has 2 aromatic rings. The van der Waals surface area contributed by atoms with Gasteiger partial charge in [0.2, 0.25) is 0 Å². The van der Waals surface area contributed by atoms with E-state index in [2.05, 4.69) is 38.0 Å². The predicted octanol–water partition coefficient (Wildman–Crippen LogP) is 5.37. The minimum absolute atomic E-state index is 0.0577. The average Bonchev–Trinajstić information content (AvgIpc) is 2.77. The molecule has 0 fully saturated rings. The maximum Gasteiger partial charge on any atom is 0.128 e. The van der Waals surface area contributed by atoms with Crippen molar-refractivity contribution in [2.45, 2.75) is 53.0 Å². The van der Waals surface area contributed by atoms with Gasteiger partial charge in [0.05, 0.1) is 16.7 Å². The molecule has 2 nitrogen and oxygen atoms in total. The van der Waals surface area contributed by atoms with Crippen LogP contribution in [0.4, 0.5) is 10.1 Å². The van der Waals surface area contributed by atoms with Crippen molar-refractivity contribution in [2.75, 3.05) is 5.32 Å². The molecule has 2 rings (SSSR count). The van der Waals surface area contributed by atoms with Crippen LogP contribution in [0.2, 0.25) is 0 Å². The molecule has 1 atom stereocenters. The number of anilines is 1. The van der Waals surface area contributed by atoms with Crippen LogP contribution >= 0.6 is 11.3 Å². The van der Waals surface area contributed by atoms with Crippen molar-refractivity contribution in [3.63, 3.8) is 0 Å². The first-order valence-corrected chi connectivity index (χ1v) is 8.01. The van der Waals surface area contributed by atoms with Gasteiger partial charge in [0.15, 0.2) is 0 Å². The second-order valence-corrected chi connectivity index (χ2v) is 7.53. The third-order valence-electron chi connectivity index (χ3n) is 3.51. The number of nitrogens with one attached hydrogen (secondary N) is 1. The monoisotopic (exact) mass is 306 g/mol. The van der Waals surface area contributed by atoms with Crippen LogP contribution in [0.1, 0.15) is 54.9 Å². The number of aromatic nitrogens is 1. The topological polar surface area (TPSA) is 24.9 Å². The van der Waals surface area contributed by atoms with Crippen molar-refractivity contribution in [2.24, 2.45) is 0 Å². The SMILES string of the molecule is Cc1nc(C(C)(C)C)sc1C(C)Nc1cccc(F)c1C. The largest absolute Gasteiger partial charge is 0.377 e. The number of hydrogen-bond acceptors (Lipinski definition) is 3. The van der Waals surface area contributed by atoms with Crippen molar-refractivity contribution in [1.82, 2.24) is 4.98 Å². The number of benzene rings is 1. The summed E-state index contributed by atoms with van der Waals surface area (Å²) in [5.74, 6) is -0.177. The van der Waals surface area contributed by atoms with E-state index in [9.17, 15) is 4.39 Å². The molecule has 0 aliphatic heterocycles. The molecule has 0 amide bonds. The molecule has 0 aliphatic carbocycles. The van der Waals surface area contributed by atoms with Gasteiger partial charge in [0.1, 0.15) is 5.82 Å². The van der Waals surface area contributed by atoms with Crippen LogP contribution in [-0.4, -0.2) is 4.98 Å². The first kappa shape index (κ1) is 16.0. The van der Waals surface area contributed by atoms with E-state index in [-0.39, 0.29) is 17.3 Å². The molecular formula is C17H23FN2S. The number of rotatable bonds is 3. The summed E-state index contributed by atoms with van der Waals surface area (Å²) >= 11 is 1.74. The van der Waals surface area contributed by atoms with Crippen LogP contribution in [0, 0.1) is 19.7 Å². The van der Waals surface area contributed by atoms with Gasteiger partial charge in [-0.2, -0.15) is 0 Å². The van der Waals surface area contributed by atoms with Crippen LogP contribution in [0.15, 0.2) is 18.2 Å². The van der Waals surface area contributed by atoms with Gasteiger partial charge in [-0.15, -0.1) is 11.3 Å². The molecule has 0 bridgehead atoms. The van der Waals surface area contributed by atoms with Gasteiger partial charge in [0.25, 0.3) is 0 Å². The molecule has 1 unspecified atom stereocenters. The molecule has 0 saturated carbocycles. The Balaban J connectivity index is 2.27. The normalized spacial score (nSPS) is 13.3.